The van der Waals surface area contributed by atoms with Crippen LogP contribution in [-0.2, 0) is 16.1 Å². The van der Waals surface area contributed by atoms with E-state index < -0.39 is 12.1 Å². The van der Waals surface area contributed by atoms with Gasteiger partial charge in [-0.05, 0) is 30.0 Å². The first-order chi connectivity index (χ1) is 11.5. The minimum absolute atomic E-state index is 0.227. The molecule has 0 aliphatic heterocycles. The number of para-hydroxylation sites is 1. The van der Waals surface area contributed by atoms with E-state index >= 15 is 0 Å². The zero-order valence-electron chi connectivity index (χ0n) is 14.2. The third-order valence-corrected chi connectivity index (χ3v) is 3.69. The molecule has 1 aromatic carbocycles. The van der Waals surface area contributed by atoms with Gasteiger partial charge >= 0.3 is 6.09 Å². The molecule has 0 aliphatic carbocycles. The topological polar surface area (TPSA) is 80.3 Å². The van der Waals surface area contributed by atoms with Gasteiger partial charge in [-0.15, -0.1) is 0 Å². The Morgan fingerprint density at radius 2 is 1.96 bits per heavy atom. The highest BCUT2D eigenvalue weighted by atomic mass is 16.5. The van der Waals surface area contributed by atoms with Crippen molar-refractivity contribution in [2.45, 2.75) is 32.9 Å². The van der Waals surface area contributed by atoms with Gasteiger partial charge in [0.1, 0.15) is 6.04 Å². The van der Waals surface area contributed by atoms with Gasteiger partial charge in [-0.25, -0.2) is 4.79 Å². The molecule has 2 N–H and O–H groups in total. The van der Waals surface area contributed by atoms with Crippen LogP contribution in [0.1, 0.15) is 25.8 Å². The van der Waals surface area contributed by atoms with Gasteiger partial charge in [0.05, 0.1) is 12.6 Å². The molecule has 2 amide bonds. The van der Waals surface area contributed by atoms with E-state index in [0.717, 1.165) is 16.5 Å². The van der Waals surface area contributed by atoms with Crippen LogP contribution >= 0.6 is 0 Å². The van der Waals surface area contributed by atoms with E-state index in [9.17, 15) is 9.59 Å². The lowest BCUT2D eigenvalue weighted by molar-refractivity contribution is -0.123. The number of rotatable bonds is 6. The summed E-state index contributed by atoms with van der Waals surface area (Å²) >= 11 is 0. The first-order valence-electron chi connectivity index (χ1n) is 7.96. The van der Waals surface area contributed by atoms with E-state index in [0.29, 0.717) is 13.0 Å². The predicted octanol–water partition coefficient (Wildman–Crippen LogP) is 2.62. The van der Waals surface area contributed by atoms with E-state index in [2.05, 4.69) is 20.4 Å². The molecule has 0 spiro atoms. The third kappa shape index (κ3) is 4.68. The summed E-state index contributed by atoms with van der Waals surface area (Å²) in [5.41, 5.74) is 1.87. The fourth-order valence-corrected chi connectivity index (χ4v) is 2.52. The number of fused-ring (bicyclic) bond motifs is 1. The molecule has 2 rings (SSSR count). The first kappa shape index (κ1) is 17.7. The Bertz CT molecular complexity index is 710. The summed E-state index contributed by atoms with van der Waals surface area (Å²) in [6.07, 6.45) is 1.66. The summed E-state index contributed by atoms with van der Waals surface area (Å²) in [4.78, 5) is 28.2. The summed E-state index contributed by atoms with van der Waals surface area (Å²) in [5, 5.41) is 6.48. The van der Waals surface area contributed by atoms with Crippen molar-refractivity contribution in [2.75, 3.05) is 7.11 Å². The molecule has 1 unspecified atom stereocenters. The van der Waals surface area contributed by atoms with Crippen molar-refractivity contribution >= 4 is 22.9 Å². The molecule has 2 aromatic rings. The average molecular weight is 329 g/mol. The number of nitrogens with one attached hydrogen (secondary N) is 2. The Morgan fingerprint density at radius 1 is 1.21 bits per heavy atom. The summed E-state index contributed by atoms with van der Waals surface area (Å²) < 4.78 is 4.59. The SMILES string of the molecule is COC(=O)NC(CC(C)C)C(=O)NCc1ccnc2ccccc12. The molecule has 0 saturated heterocycles. The summed E-state index contributed by atoms with van der Waals surface area (Å²) in [5.74, 6) is 0.0367. The van der Waals surface area contributed by atoms with Gasteiger partial charge in [0.2, 0.25) is 5.91 Å². The van der Waals surface area contributed by atoms with Crippen LogP contribution in [0.25, 0.3) is 10.9 Å². The van der Waals surface area contributed by atoms with Gasteiger partial charge in [-0.2, -0.15) is 0 Å². The Hall–Kier alpha value is -2.63. The third-order valence-electron chi connectivity index (χ3n) is 3.69. The van der Waals surface area contributed by atoms with Gasteiger partial charge in [-0.1, -0.05) is 32.0 Å². The largest absolute Gasteiger partial charge is 0.453 e. The summed E-state index contributed by atoms with van der Waals surface area (Å²) in [6, 6.07) is 9.04. The number of carbonyl (C=O) groups is 2. The van der Waals surface area contributed by atoms with Gasteiger partial charge in [0, 0.05) is 18.1 Å². The van der Waals surface area contributed by atoms with Crippen LogP contribution in [0.4, 0.5) is 4.79 Å². The monoisotopic (exact) mass is 329 g/mol. The molecule has 0 bridgehead atoms. The van der Waals surface area contributed by atoms with Crippen molar-refractivity contribution in [3.63, 3.8) is 0 Å². The number of hydrogen-bond acceptors (Lipinski definition) is 4. The number of carbonyl (C=O) groups excluding carboxylic acids is 2. The van der Waals surface area contributed by atoms with Crippen molar-refractivity contribution in [2.24, 2.45) is 5.92 Å². The summed E-state index contributed by atoms with van der Waals surface area (Å²) in [7, 11) is 1.28. The molecular formula is C18H23N3O3. The molecule has 6 nitrogen and oxygen atoms in total. The molecule has 1 heterocycles. The standard InChI is InChI=1S/C18H23N3O3/c1-12(2)10-16(21-18(23)24-3)17(22)20-11-13-8-9-19-15-7-5-4-6-14(13)15/h4-9,12,16H,10-11H2,1-3H3,(H,20,22)(H,21,23). The van der Waals surface area contributed by atoms with Crippen molar-refractivity contribution in [3.8, 4) is 0 Å². The maximum absolute atomic E-state index is 12.4. The second-order valence-corrected chi connectivity index (χ2v) is 6.02. The highest BCUT2D eigenvalue weighted by Gasteiger charge is 2.22. The molecule has 0 radical (unpaired) electrons. The van der Waals surface area contributed by atoms with Crippen LogP contribution in [-0.4, -0.2) is 30.1 Å². The Kier molecular flexibility index (Phi) is 6.12. The van der Waals surface area contributed by atoms with Crippen LogP contribution in [0, 0.1) is 5.92 Å². The van der Waals surface area contributed by atoms with Gasteiger partial charge < -0.3 is 15.4 Å². The molecule has 0 fully saturated rings. The predicted molar refractivity (Wildman–Crippen MR) is 92.4 cm³/mol. The Balaban J connectivity index is 2.07. The van der Waals surface area contributed by atoms with Crippen molar-refractivity contribution in [1.82, 2.24) is 15.6 Å². The lowest BCUT2D eigenvalue weighted by atomic mass is 10.0. The number of nitrogens with zero attached hydrogens (tertiary/aromatic N) is 1. The molecule has 1 atom stereocenters. The molecular weight excluding hydrogens is 306 g/mol. The maximum Gasteiger partial charge on any atom is 0.407 e. The quantitative estimate of drug-likeness (QED) is 0.854. The van der Waals surface area contributed by atoms with Gasteiger partial charge in [-0.3, -0.25) is 9.78 Å². The first-order valence-corrected chi connectivity index (χ1v) is 7.96. The van der Waals surface area contributed by atoms with Crippen LogP contribution in [0.2, 0.25) is 0 Å². The number of amides is 2. The smallest absolute Gasteiger partial charge is 0.407 e. The number of hydrogen-bond donors (Lipinski definition) is 2. The fraction of sp³-hybridized carbons (Fsp3) is 0.389. The van der Waals surface area contributed by atoms with Crippen molar-refractivity contribution < 1.29 is 14.3 Å². The zero-order valence-corrected chi connectivity index (χ0v) is 14.2. The second-order valence-electron chi connectivity index (χ2n) is 6.02. The van der Waals surface area contributed by atoms with E-state index in [1.54, 1.807) is 6.20 Å². The number of ether oxygens (including phenoxy) is 1. The van der Waals surface area contributed by atoms with Crippen molar-refractivity contribution in [1.29, 1.82) is 0 Å². The van der Waals surface area contributed by atoms with Gasteiger partial charge in [0.25, 0.3) is 0 Å². The minimum atomic E-state index is -0.620. The number of alkyl carbamates (subject to hydrolysis) is 1. The number of pyridine rings is 1. The lowest BCUT2D eigenvalue weighted by Crippen LogP contribution is -2.47. The fourth-order valence-electron chi connectivity index (χ4n) is 2.52. The van der Waals surface area contributed by atoms with Crippen LogP contribution in [0.15, 0.2) is 36.5 Å². The maximum atomic E-state index is 12.4. The van der Waals surface area contributed by atoms with E-state index in [-0.39, 0.29) is 11.8 Å². The number of aromatic nitrogens is 1. The van der Waals surface area contributed by atoms with Crippen LogP contribution < -0.4 is 10.6 Å². The Labute approximate surface area is 141 Å². The Morgan fingerprint density at radius 3 is 2.67 bits per heavy atom. The molecule has 0 aliphatic rings. The molecule has 128 valence electrons. The van der Waals surface area contributed by atoms with Crippen molar-refractivity contribution in [3.05, 3.63) is 42.1 Å². The molecule has 1 aromatic heterocycles. The van der Waals surface area contributed by atoms with E-state index in [1.165, 1.54) is 7.11 Å². The number of methoxy groups -OCH3 is 1. The normalized spacial score (nSPS) is 12.0. The molecule has 24 heavy (non-hydrogen) atoms. The highest BCUT2D eigenvalue weighted by molar-refractivity contribution is 5.86. The number of benzene rings is 1. The highest BCUT2D eigenvalue weighted by Crippen LogP contribution is 2.16. The lowest BCUT2D eigenvalue weighted by Gasteiger charge is -2.19. The zero-order chi connectivity index (χ0) is 17.5. The minimum Gasteiger partial charge on any atom is -0.453 e. The van der Waals surface area contributed by atoms with Crippen LogP contribution in [0.5, 0.6) is 0 Å². The molecule has 0 saturated carbocycles. The van der Waals surface area contributed by atoms with E-state index in [1.807, 2.05) is 44.2 Å². The summed E-state index contributed by atoms with van der Waals surface area (Å²) in [6.45, 7) is 4.37. The molecule has 6 heteroatoms. The van der Waals surface area contributed by atoms with Gasteiger partial charge in [0.15, 0.2) is 0 Å². The van der Waals surface area contributed by atoms with E-state index in [4.69, 9.17) is 0 Å². The second kappa shape index (κ2) is 8.29. The van der Waals surface area contributed by atoms with Crippen LogP contribution in [0.3, 0.4) is 0 Å². The average Bonchev–Trinajstić information content (AvgIpc) is 2.58.